The van der Waals surface area contributed by atoms with Crippen LogP contribution < -0.4 is 5.32 Å². The Labute approximate surface area is 108 Å². The van der Waals surface area contributed by atoms with Crippen LogP contribution in [0, 0.1) is 10.1 Å². The maximum Gasteiger partial charge on any atom is 0.269 e. The summed E-state index contributed by atoms with van der Waals surface area (Å²) in [6.07, 6.45) is -0.116. The molecule has 0 bridgehead atoms. The first-order valence-corrected chi connectivity index (χ1v) is 5.51. The molecule has 1 aromatic rings. The molecule has 100 valence electrons. The number of benzene rings is 1. The van der Waals surface area contributed by atoms with Crippen molar-refractivity contribution in [2.75, 3.05) is 0 Å². The molecule has 1 amide bonds. The highest BCUT2D eigenvalue weighted by Gasteiger charge is 2.25. The maximum absolute atomic E-state index is 10.5. The molecule has 1 unspecified atom stereocenters. The van der Waals surface area contributed by atoms with E-state index in [4.69, 9.17) is 4.74 Å². The van der Waals surface area contributed by atoms with Crippen LogP contribution in [0.2, 0.25) is 0 Å². The van der Waals surface area contributed by atoms with Crippen molar-refractivity contribution < 1.29 is 14.5 Å². The van der Waals surface area contributed by atoms with Crippen molar-refractivity contribution in [1.82, 2.24) is 10.3 Å². The third-order valence-corrected chi connectivity index (χ3v) is 2.52. The predicted octanol–water partition coefficient (Wildman–Crippen LogP) is 0.790. The number of non-ortho nitro benzene ring substituents is 1. The Hall–Kier alpha value is -2.64. The average molecular weight is 264 g/mol. The van der Waals surface area contributed by atoms with E-state index in [0.717, 1.165) is 5.56 Å². The molecule has 19 heavy (non-hydrogen) atoms. The summed E-state index contributed by atoms with van der Waals surface area (Å²) >= 11 is 0. The highest BCUT2D eigenvalue weighted by molar-refractivity contribution is 5.74. The van der Waals surface area contributed by atoms with E-state index in [0.29, 0.717) is 18.9 Å². The van der Waals surface area contributed by atoms with Gasteiger partial charge >= 0.3 is 0 Å². The highest BCUT2D eigenvalue weighted by atomic mass is 16.6. The zero-order valence-electron chi connectivity index (χ0n) is 10.1. The topological polar surface area (TPSA) is 97.1 Å². The summed E-state index contributed by atoms with van der Waals surface area (Å²) in [5.74, 6) is 0.446. The van der Waals surface area contributed by atoms with Gasteiger partial charge < -0.3 is 10.1 Å². The Kier molecular flexibility index (Phi) is 3.60. The normalized spacial score (nSPS) is 17.6. The van der Waals surface area contributed by atoms with Gasteiger partial charge in [-0.1, -0.05) is 12.1 Å². The van der Waals surface area contributed by atoms with E-state index in [2.05, 4.69) is 10.4 Å². The van der Waals surface area contributed by atoms with Crippen LogP contribution in [0.15, 0.2) is 29.4 Å². The number of carbonyl (C=O) groups excluding carboxylic acids is 1. The molecule has 1 N–H and O–H groups in total. The van der Waals surface area contributed by atoms with Crippen LogP contribution in [-0.4, -0.2) is 28.6 Å². The van der Waals surface area contributed by atoms with Gasteiger partial charge in [0.1, 0.15) is 0 Å². The number of nitrogens with one attached hydrogen (secondary N) is 1. The van der Waals surface area contributed by atoms with E-state index in [-0.39, 0.29) is 5.69 Å². The van der Waals surface area contributed by atoms with Crippen LogP contribution in [0.5, 0.6) is 0 Å². The Balaban J connectivity index is 2.07. The molecule has 8 heteroatoms. The summed E-state index contributed by atoms with van der Waals surface area (Å²) in [6, 6.07) is 6.12. The third-order valence-electron chi connectivity index (χ3n) is 2.52. The Morgan fingerprint density at radius 3 is 2.79 bits per heavy atom. The van der Waals surface area contributed by atoms with Crippen molar-refractivity contribution in [3.05, 3.63) is 39.9 Å². The van der Waals surface area contributed by atoms with Crippen molar-refractivity contribution in [2.45, 2.75) is 19.8 Å². The van der Waals surface area contributed by atoms with E-state index in [1.54, 1.807) is 24.1 Å². The lowest BCUT2D eigenvalue weighted by molar-refractivity contribution is -0.384. The number of rotatable bonds is 5. The number of ether oxygens (including phenoxy) is 1. The minimum Gasteiger partial charge on any atom is -0.436 e. The second-order valence-electron chi connectivity index (χ2n) is 3.89. The van der Waals surface area contributed by atoms with Gasteiger partial charge in [-0.15, -0.1) is 5.10 Å². The van der Waals surface area contributed by atoms with Crippen molar-refractivity contribution >= 4 is 18.0 Å². The van der Waals surface area contributed by atoms with Crippen LogP contribution >= 0.6 is 0 Å². The van der Waals surface area contributed by atoms with Gasteiger partial charge in [0.25, 0.3) is 12.0 Å². The molecule has 0 saturated heterocycles. The zero-order valence-corrected chi connectivity index (χ0v) is 10.1. The smallest absolute Gasteiger partial charge is 0.269 e. The molecular formula is C11H12N4O4. The number of carbonyl (C=O) groups is 1. The second kappa shape index (κ2) is 5.34. The number of nitro benzene ring substituents is 1. The van der Waals surface area contributed by atoms with Crippen LogP contribution in [0.3, 0.4) is 0 Å². The Morgan fingerprint density at radius 2 is 2.21 bits per heavy atom. The quantitative estimate of drug-likeness (QED) is 0.481. The van der Waals surface area contributed by atoms with Crippen molar-refractivity contribution in [1.29, 1.82) is 0 Å². The fraction of sp³-hybridized carbons (Fsp3) is 0.273. The predicted molar refractivity (Wildman–Crippen MR) is 65.8 cm³/mol. The first kappa shape index (κ1) is 12.8. The summed E-state index contributed by atoms with van der Waals surface area (Å²) in [5, 5.41) is 18.7. The monoisotopic (exact) mass is 264 g/mol. The van der Waals surface area contributed by atoms with E-state index >= 15 is 0 Å². The highest BCUT2D eigenvalue weighted by Crippen LogP contribution is 2.17. The number of nitrogens with zero attached hydrogens (tertiary/aromatic N) is 3. The molecule has 1 aliphatic heterocycles. The minimum atomic E-state index is -0.646. The van der Waals surface area contributed by atoms with Gasteiger partial charge in [0, 0.05) is 19.1 Å². The summed E-state index contributed by atoms with van der Waals surface area (Å²) in [6.45, 7) is 2.05. The number of nitro groups is 1. The van der Waals surface area contributed by atoms with Crippen LogP contribution in [0.25, 0.3) is 0 Å². The molecule has 0 radical (unpaired) electrons. The number of hydrogen-bond donors (Lipinski definition) is 1. The largest absolute Gasteiger partial charge is 0.436 e. The van der Waals surface area contributed by atoms with Gasteiger partial charge in [-0.2, -0.15) is 0 Å². The molecular weight excluding hydrogens is 252 g/mol. The molecule has 2 rings (SSSR count). The number of amides is 1. The molecule has 1 heterocycles. The van der Waals surface area contributed by atoms with Gasteiger partial charge in [-0.25, -0.2) is 5.01 Å². The molecule has 8 nitrogen and oxygen atoms in total. The number of hydrazone groups is 1. The van der Waals surface area contributed by atoms with E-state index in [1.807, 2.05) is 0 Å². The molecule has 0 spiro atoms. The minimum absolute atomic E-state index is 0.0312. The lowest BCUT2D eigenvalue weighted by atomic mass is 10.2. The molecule has 1 aromatic carbocycles. The van der Waals surface area contributed by atoms with Crippen LogP contribution in [0.4, 0.5) is 5.69 Å². The molecule has 1 aliphatic rings. The van der Waals surface area contributed by atoms with E-state index in [1.165, 1.54) is 12.1 Å². The summed E-state index contributed by atoms with van der Waals surface area (Å²) in [4.78, 5) is 20.5. The Morgan fingerprint density at radius 1 is 1.53 bits per heavy atom. The fourth-order valence-electron chi connectivity index (χ4n) is 1.69. The summed E-state index contributed by atoms with van der Waals surface area (Å²) < 4.78 is 5.27. The van der Waals surface area contributed by atoms with E-state index in [9.17, 15) is 14.9 Å². The third kappa shape index (κ3) is 2.97. The SMILES string of the molecule is CC1=NN(Cc2ccc([N+](=O)[O-])cc2)C(NC=O)O1. The summed E-state index contributed by atoms with van der Waals surface area (Å²) in [5.41, 5.74) is 0.856. The number of hydrogen-bond acceptors (Lipinski definition) is 6. The molecule has 1 atom stereocenters. The van der Waals surface area contributed by atoms with Gasteiger partial charge in [0.2, 0.25) is 12.3 Å². The van der Waals surface area contributed by atoms with Gasteiger partial charge in [0.15, 0.2) is 0 Å². The molecule has 0 fully saturated rings. The van der Waals surface area contributed by atoms with E-state index < -0.39 is 11.3 Å². The zero-order chi connectivity index (χ0) is 13.8. The summed E-state index contributed by atoms with van der Waals surface area (Å²) in [7, 11) is 0. The lowest BCUT2D eigenvalue weighted by Gasteiger charge is -2.20. The standard InChI is InChI=1S/C11H12N4O4/c1-8-13-14(11(19-8)12-7-16)6-9-2-4-10(5-3-9)15(17)18/h2-5,7,11H,6H2,1H3,(H,12,16). The molecule has 0 saturated carbocycles. The van der Waals surface area contributed by atoms with Crippen LogP contribution in [-0.2, 0) is 16.1 Å². The fourth-order valence-corrected chi connectivity index (χ4v) is 1.69. The molecule has 0 aliphatic carbocycles. The van der Waals surface area contributed by atoms with Gasteiger partial charge in [0.05, 0.1) is 11.5 Å². The molecule has 0 aromatic heterocycles. The lowest BCUT2D eigenvalue weighted by Crippen LogP contribution is -2.40. The second-order valence-corrected chi connectivity index (χ2v) is 3.89. The van der Waals surface area contributed by atoms with Crippen molar-refractivity contribution in [3.63, 3.8) is 0 Å². The Bertz CT molecular complexity index is 514. The van der Waals surface area contributed by atoms with Crippen LogP contribution in [0.1, 0.15) is 12.5 Å². The average Bonchev–Trinajstić information content (AvgIpc) is 2.71. The van der Waals surface area contributed by atoms with Crippen molar-refractivity contribution in [2.24, 2.45) is 5.10 Å². The maximum atomic E-state index is 10.5. The van der Waals surface area contributed by atoms with Crippen molar-refractivity contribution in [3.8, 4) is 0 Å². The first-order valence-electron chi connectivity index (χ1n) is 5.51. The first-order chi connectivity index (χ1) is 9.10. The van der Waals surface area contributed by atoms with Gasteiger partial charge in [-0.3, -0.25) is 14.9 Å². The van der Waals surface area contributed by atoms with Gasteiger partial charge in [-0.05, 0) is 5.56 Å².